The van der Waals surface area contributed by atoms with Crippen LogP contribution in [0, 0.1) is 5.82 Å². The first-order valence-corrected chi connectivity index (χ1v) is 7.31. The Morgan fingerprint density at radius 2 is 2.00 bits per heavy atom. The van der Waals surface area contributed by atoms with E-state index in [4.69, 9.17) is 10.5 Å². The maximum atomic E-state index is 14.1. The van der Waals surface area contributed by atoms with Gasteiger partial charge in [-0.05, 0) is 32.4 Å². The number of methoxy groups -OCH3 is 1. The van der Waals surface area contributed by atoms with Gasteiger partial charge in [0.15, 0.2) is 0 Å². The van der Waals surface area contributed by atoms with Gasteiger partial charge in [0.25, 0.3) is 0 Å². The van der Waals surface area contributed by atoms with Gasteiger partial charge in [-0.15, -0.1) is 0 Å². The molecule has 110 valence electrons. The Hall–Kier alpha value is -1.49. The lowest BCUT2D eigenvalue weighted by Crippen LogP contribution is -2.35. The zero-order valence-corrected chi connectivity index (χ0v) is 11.9. The number of nitrogens with two attached hydrogens (primary N) is 1. The highest BCUT2D eigenvalue weighted by atomic mass is 19.1. The van der Waals surface area contributed by atoms with Gasteiger partial charge in [0.05, 0.1) is 18.5 Å². The van der Waals surface area contributed by atoms with Crippen LogP contribution in [0.4, 0.5) is 15.8 Å². The Morgan fingerprint density at radius 3 is 2.70 bits per heavy atom. The summed E-state index contributed by atoms with van der Waals surface area (Å²) in [5.74, 6) is 0.288. The van der Waals surface area contributed by atoms with Gasteiger partial charge in [-0.25, -0.2) is 4.39 Å². The second-order valence-electron chi connectivity index (χ2n) is 5.68. The number of likely N-dealkylation sites (tertiary alicyclic amines) is 1. The topological polar surface area (TPSA) is 41.7 Å². The van der Waals surface area contributed by atoms with Gasteiger partial charge in [0.1, 0.15) is 11.6 Å². The van der Waals surface area contributed by atoms with E-state index >= 15 is 0 Å². The van der Waals surface area contributed by atoms with Gasteiger partial charge in [-0.3, -0.25) is 4.90 Å². The molecule has 2 aliphatic heterocycles. The van der Waals surface area contributed by atoms with Crippen molar-refractivity contribution in [3.63, 3.8) is 0 Å². The summed E-state index contributed by atoms with van der Waals surface area (Å²) in [6.07, 6.45) is 3.69. The molecule has 1 aromatic rings. The molecule has 0 aliphatic carbocycles. The van der Waals surface area contributed by atoms with Gasteiger partial charge in [0, 0.05) is 31.3 Å². The second kappa shape index (κ2) is 5.48. The summed E-state index contributed by atoms with van der Waals surface area (Å²) in [7, 11) is 1.56. The van der Waals surface area contributed by atoms with Gasteiger partial charge >= 0.3 is 0 Å². The Kier molecular flexibility index (Phi) is 3.70. The number of nitrogen functional groups attached to an aromatic ring is 1. The summed E-state index contributed by atoms with van der Waals surface area (Å²) < 4.78 is 19.3. The number of halogens is 1. The summed E-state index contributed by atoms with van der Waals surface area (Å²) in [5, 5.41) is 0. The van der Waals surface area contributed by atoms with Gasteiger partial charge in [-0.2, -0.15) is 0 Å². The second-order valence-corrected chi connectivity index (χ2v) is 5.68. The zero-order valence-electron chi connectivity index (χ0n) is 11.9. The molecule has 5 heteroatoms. The molecule has 1 aromatic carbocycles. The zero-order chi connectivity index (χ0) is 14.1. The lowest BCUT2D eigenvalue weighted by Gasteiger charge is -2.25. The molecular weight excluding hydrogens is 257 g/mol. The van der Waals surface area contributed by atoms with E-state index in [1.165, 1.54) is 32.0 Å². The van der Waals surface area contributed by atoms with Gasteiger partial charge < -0.3 is 15.4 Å². The first-order chi connectivity index (χ1) is 9.69. The minimum Gasteiger partial charge on any atom is -0.495 e. The molecule has 1 atom stereocenters. The third-order valence-corrected chi connectivity index (χ3v) is 4.46. The van der Waals surface area contributed by atoms with E-state index in [0.29, 0.717) is 23.2 Å². The summed E-state index contributed by atoms with van der Waals surface area (Å²) in [6, 6.07) is 3.63. The molecule has 2 saturated heterocycles. The minimum atomic E-state index is -0.259. The third-order valence-electron chi connectivity index (χ3n) is 4.46. The highest BCUT2D eigenvalue weighted by Gasteiger charge is 2.30. The number of benzene rings is 1. The van der Waals surface area contributed by atoms with Crippen LogP contribution in [0.15, 0.2) is 12.1 Å². The highest BCUT2D eigenvalue weighted by Crippen LogP contribution is 2.33. The Bertz CT molecular complexity index is 488. The van der Waals surface area contributed by atoms with Crippen molar-refractivity contribution in [2.75, 3.05) is 43.9 Å². The van der Waals surface area contributed by atoms with Crippen LogP contribution in [0.2, 0.25) is 0 Å². The van der Waals surface area contributed by atoms with Crippen molar-refractivity contribution in [3.05, 3.63) is 17.9 Å². The van der Waals surface area contributed by atoms with Crippen molar-refractivity contribution in [2.45, 2.75) is 25.3 Å². The molecule has 0 saturated carbocycles. The quantitative estimate of drug-likeness (QED) is 0.860. The van der Waals surface area contributed by atoms with Crippen molar-refractivity contribution in [3.8, 4) is 5.75 Å². The molecule has 2 heterocycles. The summed E-state index contributed by atoms with van der Waals surface area (Å²) in [6.45, 7) is 4.16. The fourth-order valence-electron chi connectivity index (χ4n) is 3.34. The van der Waals surface area contributed by atoms with E-state index in [1.54, 1.807) is 13.2 Å². The number of rotatable bonds is 3. The smallest absolute Gasteiger partial charge is 0.148 e. The predicted molar refractivity (Wildman–Crippen MR) is 78.8 cm³/mol. The number of hydrogen-bond donors (Lipinski definition) is 1. The largest absolute Gasteiger partial charge is 0.495 e. The molecule has 0 spiro atoms. The van der Waals surface area contributed by atoms with E-state index in [0.717, 1.165) is 19.5 Å². The van der Waals surface area contributed by atoms with Gasteiger partial charge in [-0.1, -0.05) is 0 Å². The molecule has 3 rings (SSSR count). The lowest BCUT2D eigenvalue weighted by molar-refractivity contribution is 0.260. The van der Waals surface area contributed by atoms with Crippen molar-refractivity contribution in [1.29, 1.82) is 0 Å². The molecule has 1 unspecified atom stereocenters. The van der Waals surface area contributed by atoms with Crippen LogP contribution in [-0.4, -0.2) is 44.2 Å². The minimum absolute atomic E-state index is 0.259. The SMILES string of the molecule is COc1cc(N2CCC(N3CCCC3)C2)c(F)cc1N. The molecule has 0 radical (unpaired) electrons. The Morgan fingerprint density at radius 1 is 1.25 bits per heavy atom. The maximum Gasteiger partial charge on any atom is 0.148 e. The molecule has 4 nitrogen and oxygen atoms in total. The first kappa shape index (κ1) is 13.5. The molecule has 20 heavy (non-hydrogen) atoms. The number of hydrogen-bond acceptors (Lipinski definition) is 4. The monoisotopic (exact) mass is 279 g/mol. The first-order valence-electron chi connectivity index (χ1n) is 7.31. The summed E-state index contributed by atoms with van der Waals surface area (Å²) in [4.78, 5) is 4.65. The number of anilines is 2. The average Bonchev–Trinajstić information content (AvgIpc) is 3.09. The molecule has 0 amide bonds. The van der Waals surface area contributed by atoms with E-state index in [9.17, 15) is 4.39 Å². The molecule has 2 aliphatic rings. The van der Waals surface area contributed by atoms with Crippen LogP contribution in [0.3, 0.4) is 0 Å². The van der Waals surface area contributed by atoms with Crippen LogP contribution in [0.25, 0.3) is 0 Å². The van der Waals surface area contributed by atoms with Crippen molar-refractivity contribution < 1.29 is 9.13 Å². The highest BCUT2D eigenvalue weighted by molar-refractivity contribution is 5.63. The fourth-order valence-corrected chi connectivity index (χ4v) is 3.34. The molecular formula is C15H22FN3O. The van der Waals surface area contributed by atoms with Crippen molar-refractivity contribution in [2.24, 2.45) is 0 Å². The third kappa shape index (κ3) is 2.42. The number of nitrogens with zero attached hydrogens (tertiary/aromatic N) is 2. The fraction of sp³-hybridized carbons (Fsp3) is 0.600. The van der Waals surface area contributed by atoms with Crippen molar-refractivity contribution >= 4 is 11.4 Å². The lowest BCUT2D eigenvalue weighted by atomic mass is 10.2. The average molecular weight is 279 g/mol. The normalized spacial score (nSPS) is 23.5. The van der Waals surface area contributed by atoms with Crippen LogP contribution < -0.4 is 15.4 Å². The predicted octanol–water partition coefficient (Wildman–Crippen LogP) is 2.09. The Labute approximate surface area is 119 Å². The molecule has 2 fully saturated rings. The molecule has 0 aromatic heterocycles. The van der Waals surface area contributed by atoms with E-state index < -0.39 is 0 Å². The standard InChI is InChI=1S/C15H22FN3O/c1-20-15-9-14(12(16)8-13(15)17)19-7-4-11(10-19)18-5-2-3-6-18/h8-9,11H,2-7,10,17H2,1H3. The molecule has 0 bridgehead atoms. The van der Waals surface area contributed by atoms with Gasteiger partial charge in [0.2, 0.25) is 0 Å². The van der Waals surface area contributed by atoms with E-state index in [1.807, 2.05) is 0 Å². The maximum absolute atomic E-state index is 14.1. The van der Waals surface area contributed by atoms with E-state index in [2.05, 4.69) is 9.80 Å². The molecule has 2 N–H and O–H groups in total. The Balaban J connectivity index is 1.76. The summed E-state index contributed by atoms with van der Waals surface area (Å²) >= 11 is 0. The van der Waals surface area contributed by atoms with Crippen LogP contribution >= 0.6 is 0 Å². The van der Waals surface area contributed by atoms with Crippen LogP contribution in [-0.2, 0) is 0 Å². The van der Waals surface area contributed by atoms with Crippen molar-refractivity contribution in [1.82, 2.24) is 4.90 Å². The number of ether oxygens (including phenoxy) is 1. The van der Waals surface area contributed by atoms with Crippen LogP contribution in [0.1, 0.15) is 19.3 Å². The van der Waals surface area contributed by atoms with Crippen LogP contribution in [0.5, 0.6) is 5.75 Å². The summed E-state index contributed by atoms with van der Waals surface area (Å²) in [5.41, 5.74) is 6.69. The van der Waals surface area contributed by atoms with E-state index in [-0.39, 0.29) is 5.82 Å².